The molecule has 0 bridgehead atoms. The first-order valence-corrected chi connectivity index (χ1v) is 8.99. The van der Waals surface area contributed by atoms with E-state index in [1.54, 1.807) is 19.4 Å². The molecule has 1 aromatic heterocycles. The fraction of sp³-hybridized carbons (Fsp3) is 0.647. The van der Waals surface area contributed by atoms with Crippen LogP contribution in [0, 0.1) is 0 Å². The molecule has 0 radical (unpaired) electrons. The maximum absolute atomic E-state index is 12.3. The number of rotatable bonds is 4. The second-order valence-electron chi connectivity index (χ2n) is 6.83. The first-order valence-electron chi connectivity index (χ1n) is 8.99. The minimum Gasteiger partial charge on any atom is -0.475 e. The Morgan fingerprint density at radius 3 is 2.41 bits per heavy atom. The standard InChI is InChI=1S/C15H22N4O3.C2HF3O2/c1-22-11-10-19-13(20)2-4-15(19)5-8-18(9-6-15)14(21)12-3-7-16-17-12;3-2(4,5)1(6)7/h3,7H,2,4-6,8-11H2,1H3,(H,16,17);(H,6,7). The van der Waals surface area contributed by atoms with E-state index in [4.69, 9.17) is 14.6 Å². The van der Waals surface area contributed by atoms with Gasteiger partial charge in [0, 0.05) is 44.9 Å². The average Bonchev–Trinajstić information content (AvgIpc) is 3.30. The van der Waals surface area contributed by atoms with Crippen LogP contribution < -0.4 is 0 Å². The number of carboxylic acids is 1. The van der Waals surface area contributed by atoms with Crippen molar-refractivity contribution in [2.45, 2.75) is 37.4 Å². The van der Waals surface area contributed by atoms with Gasteiger partial charge in [0.25, 0.3) is 5.91 Å². The number of hydrogen-bond acceptors (Lipinski definition) is 5. The summed E-state index contributed by atoms with van der Waals surface area (Å²) >= 11 is 0. The van der Waals surface area contributed by atoms with Gasteiger partial charge in [-0.2, -0.15) is 18.3 Å². The number of nitrogens with zero attached hydrogens (tertiary/aromatic N) is 3. The molecule has 12 heteroatoms. The van der Waals surface area contributed by atoms with E-state index < -0.39 is 12.1 Å². The van der Waals surface area contributed by atoms with Crippen LogP contribution in [-0.2, 0) is 14.3 Å². The van der Waals surface area contributed by atoms with Crippen molar-refractivity contribution in [3.8, 4) is 0 Å². The van der Waals surface area contributed by atoms with Gasteiger partial charge in [-0.05, 0) is 25.3 Å². The SMILES string of the molecule is COCCN1C(=O)CCC12CCN(C(=O)c1ccn[nH]1)CC2.O=C(O)C(F)(F)F. The Morgan fingerprint density at radius 2 is 1.93 bits per heavy atom. The Balaban J connectivity index is 0.000000370. The number of H-pyrrole nitrogens is 1. The summed E-state index contributed by atoms with van der Waals surface area (Å²) in [4.78, 5) is 37.2. The lowest BCUT2D eigenvalue weighted by Gasteiger charge is -2.44. The number of likely N-dealkylation sites (tertiary alicyclic amines) is 2. The monoisotopic (exact) mass is 420 g/mol. The van der Waals surface area contributed by atoms with Crippen LogP contribution in [0.5, 0.6) is 0 Å². The molecule has 0 atom stereocenters. The number of carboxylic acid groups (broad SMARTS) is 1. The van der Waals surface area contributed by atoms with E-state index in [1.807, 2.05) is 9.80 Å². The summed E-state index contributed by atoms with van der Waals surface area (Å²) in [5.74, 6) is -2.56. The van der Waals surface area contributed by atoms with Crippen molar-refractivity contribution in [3.05, 3.63) is 18.0 Å². The quantitative estimate of drug-likeness (QED) is 0.758. The maximum atomic E-state index is 12.3. The minimum atomic E-state index is -5.08. The molecule has 0 unspecified atom stereocenters. The van der Waals surface area contributed by atoms with E-state index in [-0.39, 0.29) is 17.4 Å². The molecule has 0 aliphatic carbocycles. The van der Waals surface area contributed by atoms with Crippen LogP contribution in [0.25, 0.3) is 0 Å². The Labute approximate surface area is 164 Å². The number of aliphatic carboxylic acids is 1. The van der Waals surface area contributed by atoms with Gasteiger partial charge in [0.15, 0.2) is 0 Å². The number of nitrogens with one attached hydrogen (secondary N) is 1. The van der Waals surface area contributed by atoms with Crippen LogP contribution in [0.4, 0.5) is 13.2 Å². The predicted octanol–water partition coefficient (Wildman–Crippen LogP) is 1.29. The van der Waals surface area contributed by atoms with E-state index in [9.17, 15) is 22.8 Å². The number of carbonyl (C=O) groups is 3. The van der Waals surface area contributed by atoms with Gasteiger partial charge < -0.3 is 19.6 Å². The van der Waals surface area contributed by atoms with Crippen molar-refractivity contribution >= 4 is 17.8 Å². The van der Waals surface area contributed by atoms with Gasteiger partial charge in [0.1, 0.15) is 5.69 Å². The first kappa shape index (κ1) is 22.7. The highest BCUT2D eigenvalue weighted by atomic mass is 19.4. The van der Waals surface area contributed by atoms with Crippen molar-refractivity contribution in [3.63, 3.8) is 0 Å². The van der Waals surface area contributed by atoms with Crippen LogP contribution >= 0.6 is 0 Å². The van der Waals surface area contributed by atoms with Crippen LogP contribution in [0.3, 0.4) is 0 Å². The molecule has 2 aliphatic heterocycles. The van der Waals surface area contributed by atoms with E-state index >= 15 is 0 Å². The van der Waals surface area contributed by atoms with Crippen LogP contribution in [-0.4, -0.2) is 88.0 Å². The third kappa shape index (κ3) is 5.46. The van der Waals surface area contributed by atoms with Crippen LogP contribution in [0.2, 0.25) is 0 Å². The van der Waals surface area contributed by atoms with E-state index in [0.717, 1.165) is 19.3 Å². The van der Waals surface area contributed by atoms with Crippen molar-refractivity contribution < 1.29 is 37.4 Å². The molecule has 1 aromatic rings. The Hall–Kier alpha value is -2.63. The van der Waals surface area contributed by atoms with E-state index in [0.29, 0.717) is 38.4 Å². The number of carbonyl (C=O) groups excluding carboxylic acids is 2. The van der Waals surface area contributed by atoms with Gasteiger partial charge in [-0.3, -0.25) is 14.7 Å². The topological polar surface area (TPSA) is 116 Å². The van der Waals surface area contributed by atoms with Crippen LogP contribution in [0.1, 0.15) is 36.2 Å². The molecular weight excluding hydrogens is 397 g/mol. The number of aromatic amines is 1. The number of piperidine rings is 1. The fourth-order valence-corrected chi connectivity index (χ4v) is 3.61. The second kappa shape index (κ2) is 9.25. The molecule has 2 aliphatic rings. The molecule has 0 saturated carbocycles. The summed E-state index contributed by atoms with van der Waals surface area (Å²) in [6, 6.07) is 1.69. The van der Waals surface area contributed by atoms with E-state index in [1.165, 1.54) is 0 Å². The second-order valence-corrected chi connectivity index (χ2v) is 6.83. The first-order chi connectivity index (χ1) is 13.6. The average molecular weight is 420 g/mol. The molecule has 29 heavy (non-hydrogen) atoms. The summed E-state index contributed by atoms with van der Waals surface area (Å²) in [6.07, 6.45) is -0.328. The van der Waals surface area contributed by atoms with Gasteiger partial charge in [0.2, 0.25) is 5.91 Å². The molecule has 162 valence electrons. The number of methoxy groups -OCH3 is 1. The molecule has 2 fully saturated rings. The largest absolute Gasteiger partial charge is 0.490 e. The lowest BCUT2D eigenvalue weighted by Crippen LogP contribution is -2.54. The van der Waals surface area contributed by atoms with Crippen LogP contribution in [0.15, 0.2) is 12.3 Å². The Morgan fingerprint density at radius 1 is 1.31 bits per heavy atom. The molecule has 9 nitrogen and oxygen atoms in total. The van der Waals surface area contributed by atoms with E-state index in [2.05, 4.69) is 10.2 Å². The summed E-state index contributed by atoms with van der Waals surface area (Å²) in [5.41, 5.74) is 0.440. The van der Waals surface area contributed by atoms with Crippen molar-refractivity contribution in [1.29, 1.82) is 0 Å². The summed E-state index contributed by atoms with van der Waals surface area (Å²) in [6.45, 7) is 2.55. The number of ether oxygens (including phenoxy) is 1. The smallest absolute Gasteiger partial charge is 0.475 e. The maximum Gasteiger partial charge on any atom is 0.490 e. The minimum absolute atomic E-state index is 0.0138. The number of alkyl halides is 3. The third-order valence-corrected chi connectivity index (χ3v) is 5.15. The lowest BCUT2D eigenvalue weighted by molar-refractivity contribution is -0.192. The Bertz CT molecular complexity index is 715. The molecule has 2 amide bonds. The number of aromatic nitrogens is 2. The zero-order valence-electron chi connectivity index (χ0n) is 15.9. The molecular formula is C17H23F3N4O5. The normalized spacial score (nSPS) is 18.6. The van der Waals surface area contributed by atoms with Crippen molar-refractivity contribution in [1.82, 2.24) is 20.0 Å². The highest BCUT2D eigenvalue weighted by Crippen LogP contribution is 2.39. The molecule has 2 N–H and O–H groups in total. The fourth-order valence-electron chi connectivity index (χ4n) is 3.61. The number of amides is 2. The van der Waals surface area contributed by atoms with Gasteiger partial charge in [-0.15, -0.1) is 0 Å². The molecule has 3 rings (SSSR count). The summed E-state index contributed by atoms with van der Waals surface area (Å²) in [5, 5.41) is 13.7. The number of halogens is 3. The van der Waals surface area contributed by atoms with Gasteiger partial charge in [-0.25, -0.2) is 4.79 Å². The molecule has 0 aromatic carbocycles. The zero-order valence-corrected chi connectivity index (χ0v) is 15.9. The summed E-state index contributed by atoms with van der Waals surface area (Å²) in [7, 11) is 1.65. The molecule has 2 saturated heterocycles. The molecule has 3 heterocycles. The highest BCUT2D eigenvalue weighted by molar-refractivity contribution is 5.92. The van der Waals surface area contributed by atoms with Gasteiger partial charge in [0.05, 0.1) is 6.61 Å². The molecule has 1 spiro atoms. The number of hydrogen-bond donors (Lipinski definition) is 2. The lowest BCUT2D eigenvalue weighted by atomic mass is 9.85. The van der Waals surface area contributed by atoms with Crippen molar-refractivity contribution in [2.75, 3.05) is 33.4 Å². The van der Waals surface area contributed by atoms with Crippen molar-refractivity contribution in [2.24, 2.45) is 0 Å². The predicted molar refractivity (Wildman–Crippen MR) is 93.0 cm³/mol. The zero-order chi connectivity index (χ0) is 21.7. The Kier molecular flexibility index (Phi) is 7.22. The third-order valence-electron chi connectivity index (χ3n) is 5.15. The summed E-state index contributed by atoms with van der Waals surface area (Å²) < 4.78 is 36.9. The van der Waals surface area contributed by atoms with Gasteiger partial charge >= 0.3 is 12.1 Å². The van der Waals surface area contributed by atoms with Gasteiger partial charge in [-0.1, -0.05) is 0 Å². The highest BCUT2D eigenvalue weighted by Gasteiger charge is 2.47.